The van der Waals surface area contributed by atoms with Crippen molar-refractivity contribution >= 4 is 35.8 Å². The van der Waals surface area contributed by atoms with Crippen molar-refractivity contribution in [1.29, 1.82) is 0 Å². The lowest BCUT2D eigenvalue weighted by molar-refractivity contribution is 0.370. The number of nitrogens with one attached hydrogen (secondary N) is 1. The second kappa shape index (κ2) is 9.54. The van der Waals surface area contributed by atoms with E-state index in [1.54, 1.807) is 12.1 Å². The first-order valence-corrected chi connectivity index (χ1v) is 9.72. The summed E-state index contributed by atoms with van der Waals surface area (Å²) in [5.41, 5.74) is 0.811. The normalized spacial score (nSPS) is 21.9. The SMILES string of the molecule is CCN=C(NC1CC1c1ccccc1F)N1CCN(c2ccccn2)CC1.I. The lowest BCUT2D eigenvalue weighted by atomic mass is 10.1. The Hall–Kier alpha value is -1.90. The Morgan fingerprint density at radius 1 is 1.14 bits per heavy atom. The molecule has 2 unspecified atom stereocenters. The molecule has 5 nitrogen and oxygen atoms in total. The van der Waals surface area contributed by atoms with E-state index in [9.17, 15) is 4.39 Å². The molecular formula is C21H27FIN5. The fourth-order valence-electron chi connectivity index (χ4n) is 3.71. The number of hydrogen-bond acceptors (Lipinski definition) is 3. The number of guanidine groups is 1. The van der Waals surface area contributed by atoms with Gasteiger partial charge in [-0.15, -0.1) is 24.0 Å². The highest BCUT2D eigenvalue weighted by molar-refractivity contribution is 14.0. The number of piperazine rings is 1. The van der Waals surface area contributed by atoms with Gasteiger partial charge in [0.05, 0.1) is 0 Å². The average Bonchev–Trinajstić information content (AvgIpc) is 3.48. The van der Waals surface area contributed by atoms with Crippen LogP contribution in [0.2, 0.25) is 0 Å². The maximum atomic E-state index is 14.0. The molecule has 1 aliphatic heterocycles. The summed E-state index contributed by atoms with van der Waals surface area (Å²) in [6, 6.07) is 13.4. The standard InChI is InChI=1S/C21H26FN5.HI/c1-2-23-21(25-19-15-17(19)16-7-3-4-8-18(16)22)27-13-11-26(12-14-27)20-9-5-6-10-24-20;/h3-10,17,19H,2,11-15H2,1H3,(H,23,25);1H. The first-order valence-electron chi connectivity index (χ1n) is 9.72. The molecule has 4 rings (SSSR count). The average molecular weight is 495 g/mol. The van der Waals surface area contributed by atoms with E-state index >= 15 is 0 Å². The number of hydrogen-bond donors (Lipinski definition) is 1. The van der Waals surface area contributed by atoms with Gasteiger partial charge in [0.1, 0.15) is 11.6 Å². The Balaban J connectivity index is 0.00000225. The Morgan fingerprint density at radius 2 is 1.89 bits per heavy atom. The molecule has 1 aromatic heterocycles. The topological polar surface area (TPSA) is 43.8 Å². The minimum atomic E-state index is -0.107. The second-order valence-electron chi connectivity index (χ2n) is 7.07. The minimum absolute atomic E-state index is 0. The van der Waals surface area contributed by atoms with Crippen LogP contribution in [0, 0.1) is 5.82 Å². The lowest BCUT2D eigenvalue weighted by Gasteiger charge is -2.37. The number of pyridine rings is 1. The molecule has 0 spiro atoms. The van der Waals surface area contributed by atoms with Gasteiger partial charge >= 0.3 is 0 Å². The molecule has 0 radical (unpaired) electrons. The molecule has 150 valence electrons. The smallest absolute Gasteiger partial charge is 0.194 e. The fourth-order valence-corrected chi connectivity index (χ4v) is 3.71. The van der Waals surface area contributed by atoms with E-state index in [1.807, 2.05) is 37.4 Å². The van der Waals surface area contributed by atoms with Crippen LogP contribution in [0.15, 0.2) is 53.7 Å². The van der Waals surface area contributed by atoms with Crippen LogP contribution in [-0.4, -0.2) is 54.6 Å². The Bertz CT molecular complexity index is 792. The highest BCUT2D eigenvalue weighted by Gasteiger charge is 2.41. The van der Waals surface area contributed by atoms with Gasteiger partial charge in [-0.1, -0.05) is 24.3 Å². The lowest BCUT2D eigenvalue weighted by Crippen LogP contribution is -2.53. The zero-order valence-corrected chi connectivity index (χ0v) is 18.4. The van der Waals surface area contributed by atoms with E-state index in [0.717, 1.165) is 56.5 Å². The van der Waals surface area contributed by atoms with E-state index in [4.69, 9.17) is 0 Å². The van der Waals surface area contributed by atoms with E-state index < -0.39 is 0 Å². The van der Waals surface area contributed by atoms with Gasteiger partial charge in [-0.25, -0.2) is 9.37 Å². The predicted molar refractivity (Wildman–Crippen MR) is 122 cm³/mol. The number of benzene rings is 1. The summed E-state index contributed by atoms with van der Waals surface area (Å²) >= 11 is 0. The molecule has 0 amide bonds. The molecule has 1 saturated heterocycles. The van der Waals surface area contributed by atoms with Crippen molar-refractivity contribution in [3.63, 3.8) is 0 Å². The second-order valence-corrected chi connectivity index (χ2v) is 7.07. The van der Waals surface area contributed by atoms with Crippen LogP contribution in [0.1, 0.15) is 24.8 Å². The van der Waals surface area contributed by atoms with E-state index in [1.165, 1.54) is 0 Å². The third-order valence-corrected chi connectivity index (χ3v) is 5.27. The summed E-state index contributed by atoms with van der Waals surface area (Å²) in [5, 5.41) is 3.57. The maximum absolute atomic E-state index is 14.0. The van der Waals surface area contributed by atoms with Crippen LogP contribution in [-0.2, 0) is 0 Å². The first kappa shape index (κ1) is 20.8. The maximum Gasteiger partial charge on any atom is 0.194 e. The van der Waals surface area contributed by atoms with Gasteiger partial charge in [0.15, 0.2) is 5.96 Å². The molecule has 2 atom stereocenters. The van der Waals surface area contributed by atoms with Gasteiger partial charge in [0, 0.05) is 50.9 Å². The van der Waals surface area contributed by atoms with Crippen molar-refractivity contribution in [2.45, 2.75) is 25.3 Å². The predicted octanol–water partition coefficient (Wildman–Crippen LogP) is 3.48. The number of rotatable bonds is 4. The summed E-state index contributed by atoms with van der Waals surface area (Å²) in [6.07, 6.45) is 2.79. The van der Waals surface area contributed by atoms with Crippen molar-refractivity contribution in [3.05, 3.63) is 60.0 Å². The van der Waals surface area contributed by atoms with Crippen LogP contribution >= 0.6 is 24.0 Å². The molecule has 1 aliphatic carbocycles. The van der Waals surface area contributed by atoms with Gasteiger partial charge in [-0.3, -0.25) is 4.99 Å². The molecule has 1 saturated carbocycles. The Kier molecular flexibility index (Phi) is 7.09. The molecule has 1 N–H and O–H groups in total. The van der Waals surface area contributed by atoms with Gasteiger partial charge in [-0.2, -0.15) is 0 Å². The van der Waals surface area contributed by atoms with Crippen LogP contribution in [0.4, 0.5) is 10.2 Å². The zero-order chi connectivity index (χ0) is 18.6. The molecule has 2 fully saturated rings. The number of nitrogens with zero attached hydrogens (tertiary/aromatic N) is 4. The largest absolute Gasteiger partial charge is 0.353 e. The van der Waals surface area contributed by atoms with Gasteiger partial charge in [-0.05, 0) is 37.1 Å². The highest BCUT2D eigenvalue weighted by atomic mass is 127. The third kappa shape index (κ3) is 4.74. The van der Waals surface area contributed by atoms with Crippen molar-refractivity contribution < 1.29 is 4.39 Å². The van der Waals surface area contributed by atoms with E-state index in [-0.39, 0.29) is 41.8 Å². The summed E-state index contributed by atoms with van der Waals surface area (Å²) in [4.78, 5) is 13.7. The van der Waals surface area contributed by atoms with Crippen LogP contribution in [0.5, 0.6) is 0 Å². The van der Waals surface area contributed by atoms with Crippen molar-refractivity contribution in [2.24, 2.45) is 4.99 Å². The molecule has 7 heteroatoms. The summed E-state index contributed by atoms with van der Waals surface area (Å²) in [6.45, 7) is 6.43. The summed E-state index contributed by atoms with van der Waals surface area (Å²) < 4.78 is 14.0. The highest BCUT2D eigenvalue weighted by Crippen LogP contribution is 2.41. The molecule has 2 aliphatic rings. The monoisotopic (exact) mass is 495 g/mol. The zero-order valence-electron chi connectivity index (χ0n) is 16.1. The van der Waals surface area contributed by atoms with Crippen molar-refractivity contribution in [1.82, 2.24) is 15.2 Å². The van der Waals surface area contributed by atoms with Crippen LogP contribution in [0.25, 0.3) is 0 Å². The number of anilines is 1. The number of aliphatic imine (C=N–C) groups is 1. The molecule has 2 aromatic rings. The van der Waals surface area contributed by atoms with Crippen molar-refractivity contribution in [2.75, 3.05) is 37.6 Å². The van der Waals surface area contributed by atoms with Gasteiger partial charge in [0.2, 0.25) is 0 Å². The number of aromatic nitrogens is 1. The van der Waals surface area contributed by atoms with E-state index in [0.29, 0.717) is 0 Å². The molecule has 1 aromatic carbocycles. The first-order chi connectivity index (χ1) is 13.3. The minimum Gasteiger partial charge on any atom is -0.353 e. The van der Waals surface area contributed by atoms with Crippen molar-refractivity contribution in [3.8, 4) is 0 Å². The Labute approximate surface area is 183 Å². The molecule has 2 heterocycles. The number of halogens is 2. The summed E-state index contributed by atoms with van der Waals surface area (Å²) in [7, 11) is 0. The Morgan fingerprint density at radius 3 is 2.57 bits per heavy atom. The van der Waals surface area contributed by atoms with Crippen LogP contribution in [0.3, 0.4) is 0 Å². The fraction of sp³-hybridized carbons (Fsp3) is 0.429. The van der Waals surface area contributed by atoms with E-state index in [2.05, 4.69) is 31.2 Å². The van der Waals surface area contributed by atoms with Gasteiger partial charge < -0.3 is 15.1 Å². The van der Waals surface area contributed by atoms with Gasteiger partial charge in [0.25, 0.3) is 0 Å². The third-order valence-electron chi connectivity index (χ3n) is 5.27. The quantitative estimate of drug-likeness (QED) is 0.401. The molecule has 0 bridgehead atoms. The molecule has 28 heavy (non-hydrogen) atoms. The summed E-state index contributed by atoms with van der Waals surface area (Å²) in [5.74, 6) is 2.11. The molecular weight excluding hydrogens is 468 g/mol. The van der Waals surface area contributed by atoms with Crippen LogP contribution < -0.4 is 10.2 Å².